The summed E-state index contributed by atoms with van der Waals surface area (Å²) in [5.74, 6) is 2.48. The monoisotopic (exact) mass is 420 g/mol. The number of ether oxygens (including phenoxy) is 3. The fourth-order valence-corrected chi connectivity index (χ4v) is 4.50. The fraction of sp³-hybridized carbons (Fsp3) is 0.304. The molecule has 0 amide bonds. The maximum absolute atomic E-state index is 13.9. The van der Waals surface area contributed by atoms with Crippen molar-refractivity contribution in [3.8, 4) is 11.5 Å². The number of Topliss-reactive ketones (excluding diaryl/α,β-unsaturated/α-hetero) is 1. The Morgan fingerprint density at radius 2 is 1.90 bits per heavy atom. The van der Waals surface area contributed by atoms with Crippen LogP contribution >= 0.6 is 0 Å². The molecule has 1 aromatic heterocycles. The van der Waals surface area contributed by atoms with Gasteiger partial charge in [0.15, 0.2) is 5.78 Å². The summed E-state index contributed by atoms with van der Waals surface area (Å²) in [6.45, 7) is 0.800. The average Bonchev–Trinajstić information content (AvgIpc) is 3.50. The van der Waals surface area contributed by atoms with E-state index in [2.05, 4.69) is 10.3 Å². The van der Waals surface area contributed by atoms with Gasteiger partial charge in [0.25, 0.3) is 0 Å². The lowest BCUT2D eigenvalue weighted by Gasteiger charge is -2.36. The van der Waals surface area contributed by atoms with E-state index in [1.807, 2.05) is 54.4 Å². The second-order valence-electron chi connectivity index (χ2n) is 7.65. The zero-order valence-electron chi connectivity index (χ0n) is 17.7. The molecular formula is C23H24N4O4. The third-order valence-corrected chi connectivity index (χ3v) is 6.00. The topological polar surface area (TPSA) is 88.7 Å². The number of hydrogen-bond donors (Lipinski definition) is 2. The molecule has 1 unspecified atom stereocenters. The largest absolute Gasteiger partial charge is 0.497 e. The highest BCUT2D eigenvalue weighted by Crippen LogP contribution is 2.46. The van der Waals surface area contributed by atoms with Crippen molar-refractivity contribution >= 4 is 28.1 Å². The van der Waals surface area contributed by atoms with Crippen LogP contribution in [0.15, 0.2) is 48.3 Å². The maximum Gasteiger partial charge on any atom is 0.198 e. The van der Waals surface area contributed by atoms with Crippen molar-refractivity contribution < 1.29 is 19.0 Å². The lowest BCUT2D eigenvalue weighted by molar-refractivity contribution is -0.117. The number of aromatic amines is 1. The molecule has 2 aliphatic rings. The Labute approximate surface area is 179 Å². The van der Waals surface area contributed by atoms with Crippen molar-refractivity contribution in [1.29, 1.82) is 0 Å². The van der Waals surface area contributed by atoms with Crippen LogP contribution in [0.2, 0.25) is 0 Å². The van der Waals surface area contributed by atoms with Crippen molar-refractivity contribution in [2.75, 3.05) is 39.4 Å². The van der Waals surface area contributed by atoms with Crippen molar-refractivity contribution in [1.82, 2.24) is 15.3 Å². The Kier molecular flexibility index (Phi) is 4.59. The number of para-hydroxylation sites is 2. The summed E-state index contributed by atoms with van der Waals surface area (Å²) >= 11 is 0. The van der Waals surface area contributed by atoms with Gasteiger partial charge in [-0.3, -0.25) is 4.79 Å². The number of H-pyrrole nitrogens is 1. The second-order valence-corrected chi connectivity index (χ2v) is 7.65. The Hall–Kier alpha value is -3.52. The summed E-state index contributed by atoms with van der Waals surface area (Å²) < 4.78 is 16.7. The zero-order chi connectivity index (χ0) is 21.6. The Morgan fingerprint density at radius 1 is 1.16 bits per heavy atom. The molecule has 5 rings (SSSR count). The molecule has 2 N–H and O–H groups in total. The predicted molar refractivity (Wildman–Crippen MR) is 117 cm³/mol. The highest BCUT2D eigenvalue weighted by molar-refractivity contribution is 6.30. The molecule has 3 heterocycles. The lowest BCUT2D eigenvalue weighted by atomic mass is 9.90. The molecule has 0 saturated carbocycles. The number of nitrogens with one attached hydrogen (secondary N) is 2. The Bertz CT molecular complexity index is 1140. The van der Waals surface area contributed by atoms with Crippen LogP contribution in [0.3, 0.4) is 0 Å². The zero-order valence-corrected chi connectivity index (χ0v) is 17.7. The van der Waals surface area contributed by atoms with E-state index in [1.54, 1.807) is 14.2 Å². The highest BCUT2D eigenvalue weighted by Gasteiger charge is 2.56. The van der Waals surface area contributed by atoms with Crippen LogP contribution in [0.5, 0.6) is 11.5 Å². The summed E-state index contributed by atoms with van der Waals surface area (Å²) in [6.07, 6.45) is 0.570. The average molecular weight is 420 g/mol. The molecule has 0 bridgehead atoms. The first-order valence-electron chi connectivity index (χ1n) is 10.1. The molecule has 8 heteroatoms. The van der Waals surface area contributed by atoms with Crippen LogP contribution in [0, 0.1) is 0 Å². The third-order valence-electron chi connectivity index (χ3n) is 6.00. The van der Waals surface area contributed by atoms with E-state index in [0.29, 0.717) is 48.4 Å². The molecule has 0 radical (unpaired) electrons. The first kappa shape index (κ1) is 19.4. The molecule has 2 aliphatic heterocycles. The van der Waals surface area contributed by atoms with Gasteiger partial charge in [0.05, 0.1) is 37.5 Å². The number of nitrogens with zero attached hydrogens (tertiary/aromatic N) is 2. The molecule has 31 heavy (non-hydrogen) atoms. The molecule has 8 nitrogen and oxygen atoms in total. The standard InChI is InChI=1S/C23H24N4O4/c1-24-22-19(21-25-17-6-4-5-7-18(17)26-21)20(28)23(8-9-31-13-23)27(22)14-10-15(29-2)12-16(11-14)30-3/h4-7,10-12,24H,8-9,13H2,1-3H3,(H,25,26). The minimum absolute atomic E-state index is 0.0183. The fourth-order valence-electron chi connectivity index (χ4n) is 4.50. The van der Waals surface area contributed by atoms with E-state index < -0.39 is 5.54 Å². The van der Waals surface area contributed by atoms with Crippen LogP contribution in [0.25, 0.3) is 16.6 Å². The van der Waals surface area contributed by atoms with Crippen molar-refractivity contribution in [3.05, 3.63) is 54.1 Å². The van der Waals surface area contributed by atoms with Gasteiger partial charge in [0, 0.05) is 38.3 Å². The van der Waals surface area contributed by atoms with Gasteiger partial charge in [-0.15, -0.1) is 0 Å². The summed E-state index contributed by atoms with van der Waals surface area (Å²) in [4.78, 5) is 23.9. The van der Waals surface area contributed by atoms with Gasteiger partial charge >= 0.3 is 0 Å². The third kappa shape index (κ3) is 2.86. The number of fused-ring (bicyclic) bond motifs is 1. The number of ketones is 1. The van der Waals surface area contributed by atoms with Crippen LogP contribution in [0.1, 0.15) is 12.2 Å². The minimum Gasteiger partial charge on any atom is -0.497 e. The predicted octanol–water partition coefficient (Wildman–Crippen LogP) is 2.72. The van der Waals surface area contributed by atoms with Crippen LogP contribution in [-0.4, -0.2) is 55.8 Å². The van der Waals surface area contributed by atoms with Gasteiger partial charge in [0.2, 0.25) is 0 Å². The Balaban J connectivity index is 1.74. The number of rotatable bonds is 5. The summed E-state index contributed by atoms with van der Waals surface area (Å²) in [5.41, 5.74) is 2.14. The summed E-state index contributed by atoms with van der Waals surface area (Å²) in [5, 5.41) is 3.25. The quantitative estimate of drug-likeness (QED) is 0.656. The summed E-state index contributed by atoms with van der Waals surface area (Å²) in [6, 6.07) is 13.3. The SMILES string of the molecule is CNC1=C(c2nc3ccccc3[nH]2)C(=O)C2(CCOC2)N1c1cc(OC)cc(OC)c1. The first-order valence-corrected chi connectivity index (χ1v) is 10.1. The van der Waals surface area contributed by atoms with Crippen LogP contribution in [-0.2, 0) is 9.53 Å². The molecule has 2 aromatic carbocycles. The van der Waals surface area contributed by atoms with E-state index in [9.17, 15) is 4.79 Å². The van der Waals surface area contributed by atoms with E-state index in [-0.39, 0.29) is 5.78 Å². The van der Waals surface area contributed by atoms with E-state index >= 15 is 0 Å². The van der Waals surface area contributed by atoms with Gasteiger partial charge in [-0.25, -0.2) is 4.98 Å². The number of methoxy groups -OCH3 is 2. The normalized spacial score (nSPS) is 20.9. The number of carbonyl (C=O) groups is 1. The molecule has 1 atom stereocenters. The van der Waals surface area contributed by atoms with Gasteiger partial charge < -0.3 is 29.4 Å². The highest BCUT2D eigenvalue weighted by atomic mass is 16.5. The van der Waals surface area contributed by atoms with Crippen molar-refractivity contribution in [3.63, 3.8) is 0 Å². The van der Waals surface area contributed by atoms with E-state index in [4.69, 9.17) is 19.2 Å². The van der Waals surface area contributed by atoms with Gasteiger partial charge in [0.1, 0.15) is 34.3 Å². The lowest BCUT2D eigenvalue weighted by Crippen LogP contribution is -2.51. The number of carbonyl (C=O) groups excluding carboxylic acids is 1. The minimum atomic E-state index is -0.857. The van der Waals surface area contributed by atoms with Crippen LogP contribution in [0.4, 0.5) is 5.69 Å². The number of hydrogen-bond acceptors (Lipinski definition) is 7. The smallest absolute Gasteiger partial charge is 0.198 e. The maximum atomic E-state index is 13.9. The number of anilines is 1. The van der Waals surface area contributed by atoms with E-state index in [1.165, 1.54) is 0 Å². The molecule has 1 spiro atoms. The molecule has 0 aliphatic carbocycles. The second kappa shape index (κ2) is 7.31. The first-order chi connectivity index (χ1) is 15.1. The van der Waals surface area contributed by atoms with Gasteiger partial charge in [-0.1, -0.05) is 12.1 Å². The molecule has 160 valence electrons. The van der Waals surface area contributed by atoms with Gasteiger partial charge in [-0.2, -0.15) is 0 Å². The molecular weight excluding hydrogens is 396 g/mol. The van der Waals surface area contributed by atoms with Crippen LogP contribution < -0.4 is 19.7 Å². The molecule has 3 aromatic rings. The number of aromatic nitrogens is 2. The Morgan fingerprint density at radius 3 is 2.52 bits per heavy atom. The summed E-state index contributed by atoms with van der Waals surface area (Å²) in [7, 11) is 5.03. The number of benzene rings is 2. The van der Waals surface area contributed by atoms with Gasteiger partial charge in [-0.05, 0) is 12.1 Å². The molecule has 1 saturated heterocycles. The van der Waals surface area contributed by atoms with Crippen molar-refractivity contribution in [2.45, 2.75) is 12.0 Å². The van der Waals surface area contributed by atoms with E-state index in [0.717, 1.165) is 16.7 Å². The number of imidazole rings is 1. The van der Waals surface area contributed by atoms with Crippen molar-refractivity contribution in [2.24, 2.45) is 0 Å². The molecule has 1 fully saturated rings.